The smallest absolute Gasteiger partial charge is 0.287 e. The normalized spacial score (nSPS) is 15.3. The molecule has 23 heavy (non-hydrogen) atoms. The number of rotatable bonds is 8. The van der Waals surface area contributed by atoms with Crippen LogP contribution in [0.5, 0.6) is 0 Å². The Kier molecular flexibility index (Phi) is 7.61. The zero-order valence-corrected chi connectivity index (χ0v) is 14.7. The van der Waals surface area contributed by atoms with Gasteiger partial charge in [0, 0.05) is 13.2 Å². The predicted octanol–water partition coefficient (Wildman–Crippen LogP) is 2.63. The lowest BCUT2D eigenvalue weighted by Gasteiger charge is -2.21. The summed E-state index contributed by atoms with van der Waals surface area (Å²) in [4.78, 5) is 23.3. The molecule has 1 aromatic rings. The van der Waals surface area contributed by atoms with E-state index in [1.807, 2.05) is 0 Å². The molecule has 0 radical (unpaired) electrons. The molecule has 0 atom stereocenters. The molecule has 1 aromatic heterocycles. The van der Waals surface area contributed by atoms with E-state index < -0.39 is 5.91 Å². The van der Waals surface area contributed by atoms with Crippen LogP contribution >= 0.6 is 15.9 Å². The van der Waals surface area contributed by atoms with Gasteiger partial charge in [0.15, 0.2) is 10.4 Å². The number of halogens is 1. The Morgan fingerprint density at radius 2 is 2.00 bits per heavy atom. The van der Waals surface area contributed by atoms with Gasteiger partial charge in [0.1, 0.15) is 0 Å². The molecule has 2 amide bonds. The molecule has 0 bridgehead atoms. The summed E-state index contributed by atoms with van der Waals surface area (Å²) in [5.41, 5.74) is 0. The molecule has 1 saturated carbocycles. The van der Waals surface area contributed by atoms with Crippen molar-refractivity contribution >= 4 is 27.7 Å². The van der Waals surface area contributed by atoms with Crippen LogP contribution in [0.2, 0.25) is 0 Å². The number of nitrogens with one attached hydrogen (secondary N) is 2. The van der Waals surface area contributed by atoms with E-state index in [2.05, 4.69) is 26.6 Å². The predicted molar refractivity (Wildman–Crippen MR) is 89.2 cm³/mol. The number of ether oxygens (including phenoxy) is 1. The molecular weight excluding hydrogens is 364 g/mol. The first-order valence-corrected chi connectivity index (χ1v) is 8.86. The van der Waals surface area contributed by atoms with Gasteiger partial charge in [0.2, 0.25) is 5.91 Å². The van der Waals surface area contributed by atoms with Crippen LogP contribution in [-0.2, 0) is 9.53 Å². The van der Waals surface area contributed by atoms with Crippen LogP contribution in [0.4, 0.5) is 0 Å². The lowest BCUT2D eigenvalue weighted by atomic mass is 9.98. The van der Waals surface area contributed by atoms with Crippen LogP contribution in [0.3, 0.4) is 0 Å². The van der Waals surface area contributed by atoms with Crippen molar-refractivity contribution in [2.24, 2.45) is 0 Å². The monoisotopic (exact) mass is 386 g/mol. The molecule has 7 heteroatoms. The quantitative estimate of drug-likeness (QED) is 0.672. The van der Waals surface area contributed by atoms with Crippen molar-refractivity contribution in [3.63, 3.8) is 0 Å². The van der Waals surface area contributed by atoms with Crippen molar-refractivity contribution in [3.8, 4) is 0 Å². The van der Waals surface area contributed by atoms with Crippen LogP contribution < -0.4 is 10.6 Å². The Balaban J connectivity index is 1.50. The second-order valence-corrected chi connectivity index (χ2v) is 6.40. The van der Waals surface area contributed by atoms with Crippen molar-refractivity contribution in [1.29, 1.82) is 0 Å². The third kappa shape index (κ3) is 6.74. The molecule has 1 aliphatic rings. The zero-order chi connectivity index (χ0) is 16.5. The molecule has 0 unspecified atom stereocenters. The minimum Gasteiger partial charge on any atom is -0.444 e. The summed E-state index contributed by atoms with van der Waals surface area (Å²) in [5.74, 6) is -0.460. The molecular formula is C16H23BrN2O4. The molecule has 1 heterocycles. The van der Waals surface area contributed by atoms with Crippen molar-refractivity contribution < 1.29 is 18.7 Å². The zero-order valence-electron chi connectivity index (χ0n) is 13.1. The molecule has 0 aromatic carbocycles. The molecule has 0 saturated heterocycles. The van der Waals surface area contributed by atoms with E-state index in [-0.39, 0.29) is 18.2 Å². The minimum absolute atomic E-state index is 0.0688. The Bertz CT molecular complexity index is 512. The second kappa shape index (κ2) is 9.72. The van der Waals surface area contributed by atoms with E-state index >= 15 is 0 Å². The van der Waals surface area contributed by atoms with Crippen LogP contribution in [0.1, 0.15) is 49.1 Å². The van der Waals surface area contributed by atoms with Crippen LogP contribution in [0.15, 0.2) is 21.2 Å². The number of furan rings is 1. The van der Waals surface area contributed by atoms with E-state index in [0.717, 1.165) is 19.3 Å². The van der Waals surface area contributed by atoms with Gasteiger partial charge in [-0.15, -0.1) is 0 Å². The van der Waals surface area contributed by atoms with E-state index in [1.54, 1.807) is 12.1 Å². The fourth-order valence-electron chi connectivity index (χ4n) is 2.53. The highest BCUT2D eigenvalue weighted by Gasteiger charge is 2.13. The first kappa shape index (κ1) is 18.0. The van der Waals surface area contributed by atoms with E-state index in [0.29, 0.717) is 23.9 Å². The maximum atomic E-state index is 11.7. The highest BCUT2D eigenvalue weighted by atomic mass is 79.9. The summed E-state index contributed by atoms with van der Waals surface area (Å²) >= 11 is 3.12. The van der Waals surface area contributed by atoms with Gasteiger partial charge in [-0.2, -0.15) is 0 Å². The summed E-state index contributed by atoms with van der Waals surface area (Å²) in [6.45, 7) is 1.14. The van der Waals surface area contributed by atoms with Gasteiger partial charge in [0.05, 0.1) is 12.6 Å². The maximum Gasteiger partial charge on any atom is 0.287 e. The SMILES string of the molecule is O=C(CNC(=O)c1ccc(Br)o1)NCCCOC1CCCCC1. The summed E-state index contributed by atoms with van der Waals surface area (Å²) in [6, 6.07) is 3.17. The molecule has 2 rings (SSSR count). The third-order valence-corrected chi connectivity index (χ3v) is 4.18. The summed E-state index contributed by atoms with van der Waals surface area (Å²) in [5, 5.41) is 5.27. The highest BCUT2D eigenvalue weighted by Crippen LogP contribution is 2.20. The number of carbonyl (C=O) groups is 2. The minimum atomic E-state index is -0.411. The molecule has 2 N–H and O–H groups in total. The molecule has 6 nitrogen and oxygen atoms in total. The van der Waals surface area contributed by atoms with Gasteiger partial charge in [-0.3, -0.25) is 9.59 Å². The first-order valence-electron chi connectivity index (χ1n) is 8.07. The standard InChI is InChI=1S/C16H23BrN2O4/c17-14-8-7-13(23-14)16(21)19-11-15(20)18-9-4-10-22-12-5-2-1-3-6-12/h7-8,12H,1-6,9-11H2,(H,18,20)(H,19,21). The fraction of sp³-hybridized carbons (Fsp3) is 0.625. The topological polar surface area (TPSA) is 80.6 Å². The van der Waals surface area contributed by atoms with Crippen LogP contribution in [0.25, 0.3) is 0 Å². The molecule has 0 spiro atoms. The Labute approximate surface area is 144 Å². The number of hydrogen-bond donors (Lipinski definition) is 2. The van der Waals surface area contributed by atoms with Gasteiger partial charge in [-0.05, 0) is 47.3 Å². The summed E-state index contributed by atoms with van der Waals surface area (Å²) in [6.07, 6.45) is 7.31. The average molecular weight is 387 g/mol. The Hall–Kier alpha value is -1.34. The van der Waals surface area contributed by atoms with E-state index in [9.17, 15) is 9.59 Å². The van der Waals surface area contributed by atoms with Gasteiger partial charge in [0.25, 0.3) is 5.91 Å². The second-order valence-electron chi connectivity index (χ2n) is 5.62. The maximum absolute atomic E-state index is 11.7. The first-order chi connectivity index (χ1) is 11.1. The Morgan fingerprint density at radius 3 is 2.70 bits per heavy atom. The van der Waals surface area contributed by atoms with Crippen molar-refractivity contribution in [2.45, 2.75) is 44.6 Å². The highest BCUT2D eigenvalue weighted by molar-refractivity contribution is 9.10. The van der Waals surface area contributed by atoms with Crippen LogP contribution in [-0.4, -0.2) is 37.6 Å². The Morgan fingerprint density at radius 1 is 1.22 bits per heavy atom. The van der Waals surface area contributed by atoms with Crippen LogP contribution in [0, 0.1) is 0 Å². The fourth-order valence-corrected chi connectivity index (χ4v) is 2.83. The largest absolute Gasteiger partial charge is 0.444 e. The molecule has 1 fully saturated rings. The molecule has 128 valence electrons. The third-order valence-electron chi connectivity index (χ3n) is 3.76. The van der Waals surface area contributed by atoms with E-state index in [1.165, 1.54) is 19.3 Å². The summed E-state index contributed by atoms with van der Waals surface area (Å²) < 4.78 is 11.4. The molecule has 1 aliphatic carbocycles. The lowest BCUT2D eigenvalue weighted by Crippen LogP contribution is -2.37. The van der Waals surface area contributed by atoms with Gasteiger partial charge < -0.3 is 19.8 Å². The van der Waals surface area contributed by atoms with Gasteiger partial charge in [-0.25, -0.2) is 0 Å². The average Bonchev–Trinajstić information content (AvgIpc) is 3.00. The van der Waals surface area contributed by atoms with Crippen molar-refractivity contribution in [1.82, 2.24) is 10.6 Å². The van der Waals surface area contributed by atoms with Crippen molar-refractivity contribution in [3.05, 3.63) is 22.6 Å². The van der Waals surface area contributed by atoms with Gasteiger partial charge in [-0.1, -0.05) is 19.3 Å². The number of amides is 2. The molecule has 0 aliphatic heterocycles. The lowest BCUT2D eigenvalue weighted by molar-refractivity contribution is -0.120. The number of hydrogen-bond acceptors (Lipinski definition) is 4. The van der Waals surface area contributed by atoms with Gasteiger partial charge >= 0.3 is 0 Å². The summed E-state index contributed by atoms with van der Waals surface area (Å²) in [7, 11) is 0. The number of carbonyl (C=O) groups excluding carboxylic acids is 2. The van der Waals surface area contributed by atoms with E-state index in [4.69, 9.17) is 9.15 Å². The van der Waals surface area contributed by atoms with Crippen molar-refractivity contribution in [2.75, 3.05) is 19.7 Å².